The molecule has 43 heavy (non-hydrogen) atoms. The van der Waals surface area contributed by atoms with Crippen molar-refractivity contribution >= 4 is 12.4 Å². The summed E-state index contributed by atoms with van der Waals surface area (Å²) < 4.78 is 0. The van der Waals surface area contributed by atoms with E-state index < -0.39 is 0 Å². The maximum absolute atomic E-state index is 13.4. The van der Waals surface area contributed by atoms with Crippen LogP contribution in [0.1, 0.15) is 113 Å². The van der Waals surface area contributed by atoms with Gasteiger partial charge in [0.05, 0.1) is 13.1 Å². The Balaban J connectivity index is 0.00000506. The number of hydrogen-bond donors (Lipinski definition) is 0. The molecule has 2 aliphatic rings. The SMILES string of the molecule is CC(C)(C)c1cc(C=NCCN=Cc2cc(C(C)(C)C)cc(CN3CCCCC3)c2[O-])c([O-])c(CN2CCCCC2)c1.[Cu+2]. The van der Waals surface area contributed by atoms with Gasteiger partial charge in [-0.05, 0) is 96.1 Å². The molecule has 2 aromatic carbocycles. The second-order valence-corrected chi connectivity index (χ2v) is 14.4. The normalized spacial score (nSPS) is 17.5. The molecule has 0 N–H and O–H groups in total. The second kappa shape index (κ2) is 15.7. The zero-order valence-corrected chi connectivity index (χ0v) is 28.2. The number of rotatable bonds is 9. The van der Waals surface area contributed by atoms with Gasteiger partial charge in [0.1, 0.15) is 0 Å². The van der Waals surface area contributed by atoms with Gasteiger partial charge in [0.25, 0.3) is 0 Å². The predicted octanol–water partition coefficient (Wildman–Crippen LogP) is 5.94. The van der Waals surface area contributed by atoms with Crippen LogP contribution in [0.25, 0.3) is 0 Å². The summed E-state index contributed by atoms with van der Waals surface area (Å²) >= 11 is 0. The van der Waals surface area contributed by atoms with Crippen molar-refractivity contribution in [2.75, 3.05) is 39.3 Å². The summed E-state index contributed by atoms with van der Waals surface area (Å²) in [7, 11) is 0. The number of piperidine rings is 2. The van der Waals surface area contributed by atoms with E-state index in [-0.39, 0.29) is 39.4 Å². The Kier molecular flexibility index (Phi) is 12.9. The van der Waals surface area contributed by atoms with Crippen molar-refractivity contribution in [3.8, 4) is 11.5 Å². The first kappa shape index (κ1) is 35.3. The molecule has 2 aliphatic heterocycles. The van der Waals surface area contributed by atoms with Gasteiger partial charge in [-0.2, -0.15) is 0 Å². The van der Waals surface area contributed by atoms with Crippen molar-refractivity contribution in [3.63, 3.8) is 0 Å². The summed E-state index contributed by atoms with van der Waals surface area (Å²) in [5, 5.41) is 26.7. The molecular weight excluding hydrogens is 584 g/mol. The van der Waals surface area contributed by atoms with Crippen molar-refractivity contribution in [1.82, 2.24) is 9.80 Å². The minimum Gasteiger partial charge on any atom is -0.872 e. The maximum atomic E-state index is 13.4. The Morgan fingerprint density at radius 3 is 1.28 bits per heavy atom. The Morgan fingerprint density at radius 2 is 0.953 bits per heavy atom. The standard InChI is InChI=1S/C36H54N4O2.Cu/c1-35(2,3)31-19-27(33(41)29(21-31)25-39-15-9-7-10-16-39)23-37-13-14-38-24-28-20-32(36(4,5)6)22-30(34(28)42)26-40-17-11-8-12-18-40;/h19-24,41-42H,7-18,25-26H2,1-6H3;/q;+2/p-2. The molecule has 2 fully saturated rings. The topological polar surface area (TPSA) is 77.3 Å². The van der Waals surface area contributed by atoms with E-state index in [4.69, 9.17) is 0 Å². The van der Waals surface area contributed by atoms with Crippen LogP contribution in [-0.2, 0) is 41.0 Å². The zero-order valence-electron chi connectivity index (χ0n) is 27.3. The number of nitrogens with zero attached hydrogens (tertiary/aromatic N) is 4. The van der Waals surface area contributed by atoms with E-state index in [1.807, 2.05) is 12.1 Å². The Hall–Kier alpha value is -2.18. The predicted molar refractivity (Wildman–Crippen MR) is 172 cm³/mol. The van der Waals surface area contributed by atoms with Crippen molar-refractivity contribution in [1.29, 1.82) is 0 Å². The molecule has 0 amide bonds. The van der Waals surface area contributed by atoms with Crippen LogP contribution in [0.2, 0.25) is 0 Å². The van der Waals surface area contributed by atoms with Crippen molar-refractivity contribution in [3.05, 3.63) is 57.6 Å². The molecule has 0 atom stereocenters. The molecular formula is C36H52CuN4O2. The van der Waals surface area contributed by atoms with Gasteiger partial charge in [-0.1, -0.05) is 90.1 Å². The van der Waals surface area contributed by atoms with Crippen molar-refractivity contribution < 1.29 is 27.3 Å². The fourth-order valence-corrected chi connectivity index (χ4v) is 5.88. The largest absolute Gasteiger partial charge is 2.00 e. The van der Waals surface area contributed by atoms with E-state index in [0.717, 1.165) is 48.4 Å². The van der Waals surface area contributed by atoms with Crippen LogP contribution in [0.15, 0.2) is 34.3 Å². The molecule has 2 saturated heterocycles. The third-order valence-electron chi connectivity index (χ3n) is 8.63. The van der Waals surface area contributed by atoms with Gasteiger partial charge in [0.2, 0.25) is 0 Å². The molecule has 0 unspecified atom stereocenters. The summed E-state index contributed by atoms with van der Waals surface area (Å²) in [6, 6.07) is 8.20. The quantitative estimate of drug-likeness (QED) is 0.194. The van der Waals surface area contributed by atoms with Crippen LogP contribution < -0.4 is 10.2 Å². The number of aliphatic imine (C=N–C) groups is 2. The monoisotopic (exact) mass is 635 g/mol. The van der Waals surface area contributed by atoms with Gasteiger partial charge in [-0.25, -0.2) is 0 Å². The molecule has 239 valence electrons. The van der Waals surface area contributed by atoms with Crippen LogP contribution in [0, 0.1) is 0 Å². The van der Waals surface area contributed by atoms with Gasteiger partial charge < -0.3 is 10.2 Å². The Morgan fingerprint density at radius 1 is 0.605 bits per heavy atom. The van der Waals surface area contributed by atoms with Gasteiger partial charge in [-0.15, -0.1) is 0 Å². The second-order valence-electron chi connectivity index (χ2n) is 14.4. The molecule has 1 radical (unpaired) electrons. The van der Waals surface area contributed by atoms with E-state index in [1.54, 1.807) is 12.4 Å². The molecule has 0 saturated carbocycles. The zero-order chi connectivity index (χ0) is 30.3. The summed E-state index contributed by atoms with van der Waals surface area (Å²) in [5.41, 5.74) is 5.26. The minimum atomic E-state index is -0.0539. The van der Waals surface area contributed by atoms with Crippen LogP contribution in [0.3, 0.4) is 0 Å². The number of likely N-dealkylation sites (tertiary alicyclic amines) is 2. The van der Waals surface area contributed by atoms with Crippen LogP contribution in [0.5, 0.6) is 11.5 Å². The van der Waals surface area contributed by atoms with Crippen molar-refractivity contribution in [2.24, 2.45) is 9.98 Å². The fraction of sp³-hybridized carbons (Fsp3) is 0.611. The fourth-order valence-electron chi connectivity index (χ4n) is 5.88. The molecule has 2 aromatic rings. The van der Waals surface area contributed by atoms with E-state index in [0.29, 0.717) is 37.3 Å². The molecule has 0 aliphatic carbocycles. The first-order chi connectivity index (χ1) is 19.9. The molecule has 4 rings (SSSR count). The smallest absolute Gasteiger partial charge is 0.872 e. The van der Waals surface area contributed by atoms with E-state index in [9.17, 15) is 10.2 Å². The molecule has 0 bridgehead atoms. The molecule has 2 heterocycles. The molecule has 6 nitrogen and oxygen atoms in total. The third kappa shape index (κ3) is 10.2. The number of hydrogen-bond acceptors (Lipinski definition) is 6. The first-order valence-electron chi connectivity index (χ1n) is 16.0. The Labute approximate surface area is 271 Å². The van der Waals surface area contributed by atoms with Crippen LogP contribution in [-0.4, -0.2) is 61.5 Å². The number of benzene rings is 2. The van der Waals surface area contributed by atoms with E-state index in [2.05, 4.69) is 73.5 Å². The maximum Gasteiger partial charge on any atom is 2.00 e. The summed E-state index contributed by atoms with van der Waals surface area (Å²) in [4.78, 5) is 14.0. The average molecular weight is 636 g/mol. The summed E-state index contributed by atoms with van der Waals surface area (Å²) in [6.07, 6.45) is 10.8. The van der Waals surface area contributed by atoms with Crippen molar-refractivity contribution in [2.45, 2.75) is 104 Å². The summed E-state index contributed by atoms with van der Waals surface area (Å²) in [6.45, 7) is 19.7. The minimum absolute atomic E-state index is 0. The van der Waals surface area contributed by atoms with E-state index >= 15 is 0 Å². The average Bonchev–Trinajstić information content (AvgIpc) is 2.94. The van der Waals surface area contributed by atoms with Crippen LogP contribution >= 0.6 is 0 Å². The molecule has 0 spiro atoms. The molecule has 7 heteroatoms. The first-order valence-corrected chi connectivity index (χ1v) is 16.0. The van der Waals surface area contributed by atoms with E-state index in [1.165, 1.54) is 38.5 Å². The van der Waals surface area contributed by atoms with Gasteiger partial charge in [0.15, 0.2) is 0 Å². The van der Waals surface area contributed by atoms with Gasteiger partial charge in [-0.3, -0.25) is 19.8 Å². The van der Waals surface area contributed by atoms with Gasteiger partial charge >= 0.3 is 17.1 Å². The summed E-state index contributed by atoms with van der Waals surface area (Å²) in [5.74, 6) is 0.161. The van der Waals surface area contributed by atoms with Crippen LogP contribution in [0.4, 0.5) is 0 Å². The third-order valence-corrected chi connectivity index (χ3v) is 8.63. The molecule has 0 aromatic heterocycles. The Bertz CT molecular complexity index is 1150. The van der Waals surface area contributed by atoms with Gasteiger partial charge in [0, 0.05) is 25.5 Å².